The molecule has 0 aliphatic rings. The molecule has 0 N–H and O–H groups in total. The highest BCUT2D eigenvalue weighted by molar-refractivity contribution is 7.22. The molecule has 6 nitrogen and oxygen atoms in total. The summed E-state index contributed by atoms with van der Waals surface area (Å²) in [5.41, 5.74) is 1.00. The first kappa shape index (κ1) is 19.1. The van der Waals surface area contributed by atoms with Crippen LogP contribution in [0.15, 0.2) is 61.2 Å². The van der Waals surface area contributed by atoms with Gasteiger partial charge in [-0.25, -0.2) is 14.4 Å². The first-order chi connectivity index (χ1) is 14.2. The fourth-order valence-electron chi connectivity index (χ4n) is 3.08. The Morgan fingerprint density at radius 1 is 1.28 bits per heavy atom. The summed E-state index contributed by atoms with van der Waals surface area (Å²) in [6.07, 6.45) is 6.03. The molecule has 148 valence electrons. The van der Waals surface area contributed by atoms with E-state index in [1.807, 2.05) is 29.0 Å². The number of aromatic nitrogens is 3. The Labute approximate surface area is 171 Å². The van der Waals surface area contributed by atoms with Gasteiger partial charge >= 0.3 is 0 Å². The molecule has 0 fully saturated rings. The molecule has 1 amide bonds. The molecule has 4 aromatic rings. The van der Waals surface area contributed by atoms with Crippen LogP contribution in [-0.2, 0) is 6.54 Å². The Bertz CT molecular complexity index is 1130. The number of carbonyl (C=O) groups is 1. The zero-order chi connectivity index (χ0) is 20.2. The number of hydrogen-bond donors (Lipinski definition) is 0. The Morgan fingerprint density at radius 3 is 2.90 bits per heavy atom. The number of imidazole rings is 1. The second kappa shape index (κ2) is 8.40. The molecule has 0 unspecified atom stereocenters. The second-order valence-electron chi connectivity index (χ2n) is 6.42. The van der Waals surface area contributed by atoms with Gasteiger partial charge in [-0.1, -0.05) is 23.5 Å². The van der Waals surface area contributed by atoms with Gasteiger partial charge in [-0.15, -0.1) is 0 Å². The third kappa shape index (κ3) is 4.12. The highest BCUT2D eigenvalue weighted by atomic mass is 32.1. The molecule has 0 atom stereocenters. The molecular weight excluding hydrogens is 391 g/mol. The summed E-state index contributed by atoms with van der Waals surface area (Å²) in [6.45, 7) is 1.15. The lowest BCUT2D eigenvalue weighted by molar-refractivity contribution is 0.0986. The van der Waals surface area contributed by atoms with Crippen molar-refractivity contribution in [2.45, 2.75) is 13.0 Å². The van der Waals surface area contributed by atoms with E-state index in [-0.39, 0.29) is 5.91 Å². The number of fused-ring (bicyclic) bond motifs is 1. The maximum Gasteiger partial charge on any atom is 0.260 e. The number of aryl methyl sites for hydroxylation is 1. The van der Waals surface area contributed by atoms with Crippen LogP contribution in [0.3, 0.4) is 0 Å². The normalized spacial score (nSPS) is 11.0. The van der Waals surface area contributed by atoms with Crippen LogP contribution in [0.2, 0.25) is 0 Å². The molecule has 0 saturated carbocycles. The summed E-state index contributed by atoms with van der Waals surface area (Å²) in [5, 5.41) is 0.560. The number of rotatable bonds is 7. The smallest absolute Gasteiger partial charge is 0.260 e. The zero-order valence-corrected chi connectivity index (χ0v) is 16.6. The van der Waals surface area contributed by atoms with E-state index in [0.29, 0.717) is 41.5 Å². The van der Waals surface area contributed by atoms with Crippen molar-refractivity contribution < 1.29 is 13.9 Å². The van der Waals surface area contributed by atoms with Crippen LogP contribution in [0.25, 0.3) is 10.2 Å². The van der Waals surface area contributed by atoms with E-state index in [9.17, 15) is 9.18 Å². The number of carbonyl (C=O) groups excluding carboxylic acids is 1. The quantitative estimate of drug-likeness (QED) is 0.454. The summed E-state index contributed by atoms with van der Waals surface area (Å²) >= 11 is 1.41. The van der Waals surface area contributed by atoms with Crippen molar-refractivity contribution in [2.24, 2.45) is 0 Å². The van der Waals surface area contributed by atoms with Crippen LogP contribution < -0.4 is 9.64 Å². The lowest BCUT2D eigenvalue weighted by atomic mass is 10.2. The predicted molar refractivity (Wildman–Crippen MR) is 111 cm³/mol. The molecule has 29 heavy (non-hydrogen) atoms. The van der Waals surface area contributed by atoms with E-state index in [1.54, 1.807) is 30.6 Å². The van der Waals surface area contributed by atoms with Crippen molar-refractivity contribution in [3.8, 4) is 5.75 Å². The van der Waals surface area contributed by atoms with Gasteiger partial charge in [-0.3, -0.25) is 9.69 Å². The molecule has 0 aliphatic heterocycles. The molecule has 4 rings (SSSR count). The predicted octanol–water partition coefficient (Wildman–Crippen LogP) is 4.38. The van der Waals surface area contributed by atoms with Crippen LogP contribution >= 0.6 is 11.3 Å². The Morgan fingerprint density at radius 2 is 2.14 bits per heavy atom. The third-order valence-corrected chi connectivity index (χ3v) is 5.54. The maximum absolute atomic E-state index is 13.7. The van der Waals surface area contributed by atoms with Crippen LogP contribution in [0, 0.1) is 5.82 Å². The number of para-hydroxylation sites is 1. The summed E-state index contributed by atoms with van der Waals surface area (Å²) in [7, 11) is 1.59. The van der Waals surface area contributed by atoms with Gasteiger partial charge in [0.2, 0.25) is 0 Å². The number of methoxy groups -OCH3 is 1. The standard InChI is InChI=1S/C21H19FN4O2S/c1-28-17-7-3-8-18-19(17)24-21(29-18)26(11-4-10-25-12-9-23-14-25)20(27)15-5-2-6-16(22)13-15/h2-3,5-9,12-14H,4,10-11H2,1H3. The van der Waals surface area contributed by atoms with Gasteiger partial charge in [-0.05, 0) is 36.8 Å². The average molecular weight is 410 g/mol. The van der Waals surface area contributed by atoms with Gasteiger partial charge < -0.3 is 9.30 Å². The van der Waals surface area contributed by atoms with Gasteiger partial charge in [0.15, 0.2) is 5.13 Å². The van der Waals surface area contributed by atoms with Crippen molar-refractivity contribution in [3.05, 3.63) is 72.6 Å². The number of benzene rings is 2. The zero-order valence-electron chi connectivity index (χ0n) is 15.8. The van der Waals surface area contributed by atoms with Gasteiger partial charge in [-0.2, -0.15) is 0 Å². The summed E-state index contributed by atoms with van der Waals surface area (Å²) in [6, 6.07) is 11.4. The van der Waals surface area contributed by atoms with Gasteiger partial charge in [0.05, 0.1) is 18.1 Å². The number of nitrogens with zero attached hydrogens (tertiary/aromatic N) is 4. The Hall–Kier alpha value is -3.26. The Kier molecular flexibility index (Phi) is 5.53. The van der Waals surface area contributed by atoms with Crippen LogP contribution in [0.4, 0.5) is 9.52 Å². The molecule has 2 heterocycles. The SMILES string of the molecule is COc1cccc2sc(N(CCCn3ccnc3)C(=O)c3cccc(F)c3)nc12. The Balaban J connectivity index is 1.66. The molecule has 0 radical (unpaired) electrons. The monoisotopic (exact) mass is 410 g/mol. The number of halogens is 1. The molecular formula is C21H19FN4O2S. The third-order valence-electron chi connectivity index (χ3n) is 4.50. The minimum absolute atomic E-state index is 0.284. The topological polar surface area (TPSA) is 60.2 Å². The molecule has 8 heteroatoms. The number of ether oxygens (including phenoxy) is 1. The van der Waals surface area contributed by atoms with E-state index in [4.69, 9.17) is 4.74 Å². The van der Waals surface area contributed by atoms with Crippen molar-refractivity contribution in [1.82, 2.24) is 14.5 Å². The van der Waals surface area contributed by atoms with Crippen LogP contribution in [0.1, 0.15) is 16.8 Å². The van der Waals surface area contributed by atoms with Crippen molar-refractivity contribution in [1.29, 1.82) is 0 Å². The van der Waals surface area contributed by atoms with Gasteiger partial charge in [0.1, 0.15) is 17.1 Å². The lowest BCUT2D eigenvalue weighted by Gasteiger charge is -2.20. The first-order valence-corrected chi connectivity index (χ1v) is 9.94. The maximum atomic E-state index is 13.7. The number of hydrogen-bond acceptors (Lipinski definition) is 5. The van der Waals surface area contributed by atoms with Crippen molar-refractivity contribution in [3.63, 3.8) is 0 Å². The fourth-order valence-corrected chi connectivity index (χ4v) is 4.09. The van der Waals surface area contributed by atoms with Crippen LogP contribution in [-0.4, -0.2) is 34.1 Å². The second-order valence-corrected chi connectivity index (χ2v) is 7.43. The van der Waals surface area contributed by atoms with E-state index in [1.165, 1.54) is 29.5 Å². The highest BCUT2D eigenvalue weighted by Crippen LogP contribution is 2.34. The molecule has 0 bridgehead atoms. The van der Waals surface area contributed by atoms with E-state index < -0.39 is 5.82 Å². The largest absolute Gasteiger partial charge is 0.494 e. The average Bonchev–Trinajstić information content (AvgIpc) is 3.40. The number of thiazole rings is 1. The first-order valence-electron chi connectivity index (χ1n) is 9.12. The number of amides is 1. The molecule has 2 aromatic carbocycles. The van der Waals surface area contributed by atoms with Gasteiger partial charge in [0.25, 0.3) is 5.91 Å². The number of anilines is 1. The van der Waals surface area contributed by atoms with E-state index >= 15 is 0 Å². The minimum Gasteiger partial charge on any atom is -0.494 e. The minimum atomic E-state index is -0.444. The molecule has 0 saturated heterocycles. The van der Waals surface area contributed by atoms with Gasteiger partial charge in [0, 0.05) is 31.0 Å². The summed E-state index contributed by atoms with van der Waals surface area (Å²) in [4.78, 5) is 23.5. The summed E-state index contributed by atoms with van der Waals surface area (Å²) < 4.78 is 22.0. The molecule has 2 aromatic heterocycles. The van der Waals surface area contributed by atoms with Crippen LogP contribution in [0.5, 0.6) is 5.75 Å². The van der Waals surface area contributed by atoms with Crippen molar-refractivity contribution >= 4 is 32.6 Å². The fraction of sp³-hybridized carbons (Fsp3) is 0.190. The van der Waals surface area contributed by atoms with E-state index in [2.05, 4.69) is 9.97 Å². The molecule has 0 aliphatic carbocycles. The molecule has 0 spiro atoms. The van der Waals surface area contributed by atoms with E-state index in [0.717, 1.165) is 4.70 Å². The lowest BCUT2D eigenvalue weighted by Crippen LogP contribution is -2.32. The highest BCUT2D eigenvalue weighted by Gasteiger charge is 2.22. The van der Waals surface area contributed by atoms with Crippen molar-refractivity contribution in [2.75, 3.05) is 18.6 Å². The summed E-state index contributed by atoms with van der Waals surface area (Å²) in [5.74, 6) is -0.0742.